The van der Waals surface area contributed by atoms with Gasteiger partial charge in [0, 0.05) is 6.42 Å². The molecule has 0 aliphatic heterocycles. The van der Waals surface area contributed by atoms with Gasteiger partial charge in [0.2, 0.25) is 6.10 Å². The molecular weight excluding hydrogens is 380 g/mol. The van der Waals surface area contributed by atoms with Crippen molar-refractivity contribution in [3.05, 3.63) is 0 Å². The largest absolute Gasteiger partial charge is 0.459 e. The number of alkyl halides is 4. The van der Waals surface area contributed by atoms with E-state index in [9.17, 15) is 27.2 Å². The van der Waals surface area contributed by atoms with Crippen molar-refractivity contribution in [1.29, 1.82) is 0 Å². The molecule has 3 atom stereocenters. The van der Waals surface area contributed by atoms with Gasteiger partial charge in [-0.3, -0.25) is 9.59 Å². The van der Waals surface area contributed by atoms with Crippen LogP contribution in [-0.4, -0.2) is 36.5 Å². The SMILES string of the molecule is CCC(C)(C)C(=O)OC12CC3CC(C1)CC(C(=O)OC(CF)C(F)(F)F)(C3)C2. The molecule has 0 aromatic heterocycles. The van der Waals surface area contributed by atoms with Gasteiger partial charge in [-0.05, 0) is 64.2 Å². The molecule has 0 spiro atoms. The molecule has 0 saturated heterocycles. The monoisotopic (exact) mass is 408 g/mol. The van der Waals surface area contributed by atoms with Crippen LogP contribution in [0.25, 0.3) is 0 Å². The Balaban J connectivity index is 1.82. The van der Waals surface area contributed by atoms with Crippen LogP contribution in [0.3, 0.4) is 0 Å². The fraction of sp³-hybridized carbons (Fsp3) is 0.900. The third-order valence-corrected chi connectivity index (χ3v) is 6.94. The Morgan fingerprint density at radius 2 is 1.68 bits per heavy atom. The number of carbonyl (C=O) groups is 2. The van der Waals surface area contributed by atoms with Crippen molar-refractivity contribution in [2.24, 2.45) is 22.7 Å². The molecule has 3 unspecified atom stereocenters. The zero-order valence-corrected chi connectivity index (χ0v) is 16.5. The van der Waals surface area contributed by atoms with E-state index < -0.39 is 41.4 Å². The molecule has 4 rings (SSSR count). The van der Waals surface area contributed by atoms with Crippen molar-refractivity contribution in [3.8, 4) is 0 Å². The molecule has 4 aliphatic carbocycles. The van der Waals surface area contributed by atoms with Gasteiger partial charge in [0.05, 0.1) is 10.8 Å². The molecule has 0 aromatic rings. The van der Waals surface area contributed by atoms with Gasteiger partial charge in [-0.1, -0.05) is 6.92 Å². The summed E-state index contributed by atoms with van der Waals surface area (Å²) in [6, 6.07) is 0. The second-order valence-electron chi connectivity index (χ2n) is 9.64. The summed E-state index contributed by atoms with van der Waals surface area (Å²) in [6.45, 7) is 3.65. The maximum absolute atomic E-state index is 12.9. The molecule has 0 amide bonds. The molecule has 28 heavy (non-hydrogen) atoms. The van der Waals surface area contributed by atoms with Crippen molar-refractivity contribution in [1.82, 2.24) is 0 Å². The third-order valence-electron chi connectivity index (χ3n) is 6.94. The molecule has 0 radical (unpaired) electrons. The topological polar surface area (TPSA) is 52.6 Å². The smallest absolute Gasteiger partial charge is 0.428 e. The molecule has 0 N–H and O–H groups in total. The molecule has 0 heterocycles. The van der Waals surface area contributed by atoms with Gasteiger partial charge >= 0.3 is 18.1 Å². The van der Waals surface area contributed by atoms with Crippen LogP contribution in [0.5, 0.6) is 0 Å². The lowest BCUT2D eigenvalue weighted by Gasteiger charge is -2.60. The number of halogens is 4. The van der Waals surface area contributed by atoms with E-state index in [0.29, 0.717) is 32.1 Å². The predicted molar refractivity (Wildman–Crippen MR) is 91.9 cm³/mol. The number of ether oxygens (including phenoxy) is 2. The van der Waals surface area contributed by atoms with Gasteiger partial charge in [-0.15, -0.1) is 0 Å². The standard InChI is InChI=1S/C20H28F4O4/c1-4-17(2,3)15(25)28-19-8-12-5-13(9-19)7-18(6-12,11-19)16(26)27-14(10-21)20(22,23)24/h12-14H,4-11H2,1-3H3. The van der Waals surface area contributed by atoms with Crippen LogP contribution in [0, 0.1) is 22.7 Å². The van der Waals surface area contributed by atoms with Crippen molar-refractivity contribution in [2.75, 3.05) is 6.67 Å². The van der Waals surface area contributed by atoms with E-state index in [1.165, 1.54) is 0 Å². The van der Waals surface area contributed by atoms with Crippen molar-refractivity contribution in [2.45, 2.75) is 83.6 Å². The van der Waals surface area contributed by atoms with E-state index in [4.69, 9.17) is 4.74 Å². The summed E-state index contributed by atoms with van der Waals surface area (Å²) in [4.78, 5) is 25.4. The molecule has 8 heteroatoms. The molecule has 4 bridgehead atoms. The van der Waals surface area contributed by atoms with E-state index in [1.807, 2.05) is 6.92 Å². The number of rotatable bonds is 6. The highest BCUT2D eigenvalue weighted by atomic mass is 19.4. The van der Waals surface area contributed by atoms with E-state index in [1.54, 1.807) is 13.8 Å². The minimum atomic E-state index is -4.94. The number of esters is 2. The molecule has 4 saturated carbocycles. The molecular formula is C20H28F4O4. The van der Waals surface area contributed by atoms with Gasteiger partial charge in [0.25, 0.3) is 0 Å². The molecule has 0 aromatic carbocycles. The lowest BCUT2D eigenvalue weighted by Crippen LogP contribution is -2.61. The van der Waals surface area contributed by atoms with Crippen LogP contribution in [0.1, 0.15) is 65.7 Å². The summed E-state index contributed by atoms with van der Waals surface area (Å²) >= 11 is 0. The van der Waals surface area contributed by atoms with Crippen LogP contribution in [0.2, 0.25) is 0 Å². The highest BCUT2D eigenvalue weighted by molar-refractivity contribution is 5.79. The summed E-state index contributed by atoms with van der Waals surface area (Å²) in [6.07, 6.45) is -4.00. The maximum Gasteiger partial charge on any atom is 0.428 e. The normalized spacial score (nSPS) is 35.5. The van der Waals surface area contributed by atoms with Gasteiger partial charge in [-0.25, -0.2) is 4.39 Å². The average Bonchev–Trinajstić information content (AvgIpc) is 2.56. The van der Waals surface area contributed by atoms with Crippen LogP contribution in [-0.2, 0) is 19.1 Å². The Kier molecular flexibility index (Phi) is 5.24. The molecule has 160 valence electrons. The van der Waals surface area contributed by atoms with Crippen LogP contribution < -0.4 is 0 Å². The zero-order chi connectivity index (χ0) is 21.0. The molecule has 4 aliphatic rings. The second-order valence-corrected chi connectivity index (χ2v) is 9.64. The molecule has 4 nitrogen and oxygen atoms in total. The fourth-order valence-electron chi connectivity index (χ4n) is 5.46. The van der Waals surface area contributed by atoms with Crippen molar-refractivity contribution < 1.29 is 36.6 Å². The van der Waals surface area contributed by atoms with Gasteiger partial charge in [0.15, 0.2) is 0 Å². The first-order valence-electron chi connectivity index (χ1n) is 9.92. The van der Waals surface area contributed by atoms with E-state index >= 15 is 0 Å². The first kappa shape index (κ1) is 21.4. The first-order chi connectivity index (χ1) is 12.8. The van der Waals surface area contributed by atoms with Crippen LogP contribution >= 0.6 is 0 Å². The highest BCUT2D eigenvalue weighted by Gasteiger charge is 2.64. The zero-order valence-electron chi connectivity index (χ0n) is 16.5. The van der Waals surface area contributed by atoms with Gasteiger partial charge in [0.1, 0.15) is 12.3 Å². The summed E-state index contributed by atoms with van der Waals surface area (Å²) in [7, 11) is 0. The van der Waals surface area contributed by atoms with Crippen LogP contribution in [0.4, 0.5) is 17.6 Å². The number of hydrogen-bond donors (Lipinski definition) is 0. The number of carbonyl (C=O) groups excluding carboxylic acids is 2. The highest BCUT2D eigenvalue weighted by Crippen LogP contribution is 2.63. The summed E-state index contributed by atoms with van der Waals surface area (Å²) in [5.41, 5.74) is -2.64. The maximum atomic E-state index is 12.9. The lowest BCUT2D eigenvalue weighted by molar-refractivity contribution is -0.244. The third kappa shape index (κ3) is 3.75. The predicted octanol–water partition coefficient (Wildman–Crippen LogP) is 4.75. The number of hydrogen-bond acceptors (Lipinski definition) is 4. The molecule has 4 fully saturated rings. The minimum absolute atomic E-state index is 0.0982. The summed E-state index contributed by atoms with van der Waals surface area (Å²) in [5, 5.41) is 0. The Hall–Kier alpha value is -1.34. The quantitative estimate of drug-likeness (QED) is 0.470. The average molecular weight is 408 g/mol. The Morgan fingerprint density at radius 1 is 1.11 bits per heavy atom. The van der Waals surface area contributed by atoms with Gasteiger partial charge < -0.3 is 9.47 Å². The van der Waals surface area contributed by atoms with Crippen LogP contribution in [0.15, 0.2) is 0 Å². The fourth-order valence-corrected chi connectivity index (χ4v) is 5.46. The van der Waals surface area contributed by atoms with Crippen molar-refractivity contribution in [3.63, 3.8) is 0 Å². The lowest BCUT2D eigenvalue weighted by atomic mass is 9.48. The van der Waals surface area contributed by atoms with Crippen molar-refractivity contribution >= 4 is 11.9 Å². The van der Waals surface area contributed by atoms with E-state index in [-0.39, 0.29) is 24.2 Å². The summed E-state index contributed by atoms with van der Waals surface area (Å²) < 4.78 is 62.0. The second kappa shape index (κ2) is 6.87. The van der Waals surface area contributed by atoms with E-state index in [0.717, 1.165) is 6.42 Å². The summed E-state index contributed by atoms with van der Waals surface area (Å²) in [5.74, 6) is -1.16. The Morgan fingerprint density at radius 3 is 2.14 bits per heavy atom. The minimum Gasteiger partial charge on any atom is -0.459 e. The Bertz CT molecular complexity index is 629. The van der Waals surface area contributed by atoms with Gasteiger partial charge in [-0.2, -0.15) is 13.2 Å². The van der Waals surface area contributed by atoms with E-state index in [2.05, 4.69) is 4.74 Å². The first-order valence-corrected chi connectivity index (χ1v) is 9.92. The Labute approximate surface area is 162 Å².